The standard InChI is InChI=1S/C24H33N3O2/c1-25-23(27-19-24(28-2)14-17-29-18-15-24)26-16-13-22(20-9-5-3-6-10-20)21-11-7-4-8-12-21/h3-12,22H,13-19H2,1-2H3,(H2,25,26,27). The molecule has 29 heavy (non-hydrogen) atoms. The maximum Gasteiger partial charge on any atom is 0.191 e. The lowest BCUT2D eigenvalue weighted by atomic mass is 9.88. The minimum absolute atomic E-state index is 0.174. The van der Waals surface area contributed by atoms with Crippen molar-refractivity contribution in [1.82, 2.24) is 10.6 Å². The van der Waals surface area contributed by atoms with Gasteiger partial charge in [0.15, 0.2) is 5.96 Å². The molecular weight excluding hydrogens is 362 g/mol. The van der Waals surface area contributed by atoms with Crippen molar-refractivity contribution in [1.29, 1.82) is 0 Å². The molecule has 5 heteroatoms. The molecule has 1 fully saturated rings. The SMILES string of the molecule is CN=C(NCCC(c1ccccc1)c1ccccc1)NCC1(OC)CCOCC1. The maximum atomic E-state index is 5.81. The van der Waals surface area contributed by atoms with Crippen LogP contribution in [0.5, 0.6) is 0 Å². The Morgan fingerprint density at radius 3 is 2.10 bits per heavy atom. The number of hydrogen-bond acceptors (Lipinski definition) is 3. The summed E-state index contributed by atoms with van der Waals surface area (Å²) in [6, 6.07) is 21.4. The van der Waals surface area contributed by atoms with E-state index in [9.17, 15) is 0 Å². The summed E-state index contributed by atoms with van der Waals surface area (Å²) in [5.41, 5.74) is 2.50. The number of benzene rings is 2. The molecule has 0 saturated carbocycles. The Kier molecular flexibility index (Phi) is 8.08. The average molecular weight is 396 g/mol. The maximum absolute atomic E-state index is 5.81. The summed E-state index contributed by atoms with van der Waals surface area (Å²) < 4.78 is 11.3. The van der Waals surface area contributed by atoms with E-state index in [0.29, 0.717) is 5.92 Å². The van der Waals surface area contributed by atoms with Gasteiger partial charge in [-0.05, 0) is 17.5 Å². The fourth-order valence-corrected chi connectivity index (χ4v) is 3.89. The molecule has 2 aromatic rings. The van der Waals surface area contributed by atoms with Gasteiger partial charge in [0.1, 0.15) is 0 Å². The van der Waals surface area contributed by atoms with E-state index in [1.54, 1.807) is 7.11 Å². The van der Waals surface area contributed by atoms with Gasteiger partial charge in [-0.25, -0.2) is 0 Å². The Balaban J connectivity index is 1.56. The Labute approximate surface area is 174 Å². The fourth-order valence-electron chi connectivity index (χ4n) is 3.89. The predicted molar refractivity (Wildman–Crippen MR) is 119 cm³/mol. The smallest absolute Gasteiger partial charge is 0.191 e. The van der Waals surface area contributed by atoms with E-state index in [1.807, 2.05) is 7.05 Å². The second-order valence-electron chi connectivity index (χ2n) is 7.51. The molecular formula is C24H33N3O2. The van der Waals surface area contributed by atoms with Crippen molar-refractivity contribution in [2.75, 3.05) is 40.5 Å². The zero-order chi connectivity index (χ0) is 20.4. The highest BCUT2D eigenvalue weighted by atomic mass is 16.5. The fraction of sp³-hybridized carbons (Fsp3) is 0.458. The molecule has 1 saturated heterocycles. The molecule has 156 valence electrons. The van der Waals surface area contributed by atoms with Crippen molar-refractivity contribution < 1.29 is 9.47 Å². The number of aliphatic imine (C=N–C) groups is 1. The van der Waals surface area contributed by atoms with Gasteiger partial charge in [0.2, 0.25) is 0 Å². The van der Waals surface area contributed by atoms with Crippen LogP contribution in [0.15, 0.2) is 65.7 Å². The number of ether oxygens (including phenoxy) is 2. The first-order valence-electron chi connectivity index (χ1n) is 10.4. The van der Waals surface area contributed by atoms with Crippen molar-refractivity contribution >= 4 is 5.96 Å². The summed E-state index contributed by atoms with van der Waals surface area (Å²) in [6.45, 7) is 3.05. The van der Waals surface area contributed by atoms with Crippen molar-refractivity contribution in [2.24, 2.45) is 4.99 Å². The highest BCUT2D eigenvalue weighted by Gasteiger charge is 2.32. The molecule has 0 spiro atoms. The Morgan fingerprint density at radius 1 is 1.00 bits per heavy atom. The quantitative estimate of drug-likeness (QED) is 0.530. The van der Waals surface area contributed by atoms with Crippen LogP contribution >= 0.6 is 0 Å². The van der Waals surface area contributed by atoms with Crippen LogP contribution < -0.4 is 10.6 Å². The zero-order valence-electron chi connectivity index (χ0n) is 17.6. The van der Waals surface area contributed by atoms with E-state index in [1.165, 1.54) is 11.1 Å². The third kappa shape index (κ3) is 6.05. The van der Waals surface area contributed by atoms with Crippen LogP contribution in [0, 0.1) is 0 Å². The monoisotopic (exact) mass is 395 g/mol. The lowest BCUT2D eigenvalue weighted by molar-refractivity contribution is -0.0855. The van der Waals surface area contributed by atoms with E-state index in [2.05, 4.69) is 76.3 Å². The van der Waals surface area contributed by atoms with Gasteiger partial charge in [-0.3, -0.25) is 4.99 Å². The summed E-state index contributed by atoms with van der Waals surface area (Å²) in [4.78, 5) is 4.39. The topological polar surface area (TPSA) is 54.9 Å². The first-order valence-corrected chi connectivity index (χ1v) is 10.4. The Hall–Kier alpha value is -2.37. The van der Waals surface area contributed by atoms with Crippen LogP contribution in [0.2, 0.25) is 0 Å². The van der Waals surface area contributed by atoms with E-state index in [0.717, 1.165) is 51.5 Å². The van der Waals surface area contributed by atoms with Gasteiger partial charge in [0.05, 0.1) is 5.60 Å². The van der Waals surface area contributed by atoms with Gasteiger partial charge < -0.3 is 20.1 Å². The molecule has 0 radical (unpaired) electrons. The van der Waals surface area contributed by atoms with Crippen LogP contribution in [0.4, 0.5) is 0 Å². The number of guanidine groups is 1. The molecule has 0 bridgehead atoms. The highest BCUT2D eigenvalue weighted by Crippen LogP contribution is 2.27. The molecule has 0 amide bonds. The van der Waals surface area contributed by atoms with E-state index < -0.39 is 0 Å². The largest absolute Gasteiger partial charge is 0.381 e. The van der Waals surface area contributed by atoms with Crippen molar-refractivity contribution in [3.8, 4) is 0 Å². The molecule has 1 heterocycles. The van der Waals surface area contributed by atoms with Crippen molar-refractivity contribution in [3.05, 3.63) is 71.8 Å². The number of nitrogens with one attached hydrogen (secondary N) is 2. The van der Waals surface area contributed by atoms with E-state index in [4.69, 9.17) is 9.47 Å². The second kappa shape index (κ2) is 11.0. The third-order valence-corrected chi connectivity index (χ3v) is 5.77. The molecule has 1 aliphatic heterocycles. The molecule has 2 aromatic carbocycles. The van der Waals surface area contributed by atoms with Gasteiger partial charge in [0.25, 0.3) is 0 Å². The number of hydrogen-bond donors (Lipinski definition) is 2. The summed E-state index contributed by atoms with van der Waals surface area (Å²) in [7, 11) is 3.60. The lowest BCUT2D eigenvalue weighted by Crippen LogP contribution is -2.50. The number of nitrogens with zero attached hydrogens (tertiary/aromatic N) is 1. The van der Waals surface area contributed by atoms with E-state index >= 15 is 0 Å². The van der Waals surface area contributed by atoms with Crippen molar-refractivity contribution in [3.63, 3.8) is 0 Å². The van der Waals surface area contributed by atoms with Gasteiger partial charge >= 0.3 is 0 Å². The summed E-state index contributed by atoms with van der Waals surface area (Å²) in [5, 5.41) is 6.91. The number of rotatable bonds is 8. The summed E-state index contributed by atoms with van der Waals surface area (Å²) in [5.74, 6) is 1.16. The average Bonchev–Trinajstić information content (AvgIpc) is 2.80. The second-order valence-corrected chi connectivity index (χ2v) is 7.51. The van der Waals surface area contributed by atoms with E-state index in [-0.39, 0.29) is 5.60 Å². The Bertz CT molecular complexity index is 704. The van der Waals surface area contributed by atoms with Crippen LogP contribution in [0.3, 0.4) is 0 Å². The van der Waals surface area contributed by atoms with Gasteiger partial charge in [-0.2, -0.15) is 0 Å². The molecule has 0 aromatic heterocycles. The van der Waals surface area contributed by atoms with Gasteiger partial charge in [0, 0.05) is 59.2 Å². The zero-order valence-corrected chi connectivity index (χ0v) is 17.6. The summed E-state index contributed by atoms with van der Waals surface area (Å²) in [6.07, 6.45) is 2.78. The van der Waals surface area contributed by atoms with Gasteiger partial charge in [-0.15, -0.1) is 0 Å². The first kappa shape index (κ1) is 21.3. The molecule has 3 rings (SSSR count). The van der Waals surface area contributed by atoms with Crippen LogP contribution in [-0.2, 0) is 9.47 Å². The summed E-state index contributed by atoms with van der Waals surface area (Å²) >= 11 is 0. The van der Waals surface area contributed by atoms with Crippen LogP contribution in [-0.4, -0.2) is 52.0 Å². The predicted octanol–water partition coefficient (Wildman–Crippen LogP) is 3.57. The Morgan fingerprint density at radius 2 is 1.59 bits per heavy atom. The van der Waals surface area contributed by atoms with Gasteiger partial charge in [-0.1, -0.05) is 60.7 Å². The van der Waals surface area contributed by atoms with Crippen LogP contribution in [0.25, 0.3) is 0 Å². The van der Waals surface area contributed by atoms with Crippen molar-refractivity contribution in [2.45, 2.75) is 30.8 Å². The molecule has 2 N–H and O–H groups in total. The lowest BCUT2D eigenvalue weighted by Gasteiger charge is -2.36. The van der Waals surface area contributed by atoms with Crippen LogP contribution in [0.1, 0.15) is 36.3 Å². The minimum Gasteiger partial charge on any atom is -0.381 e. The third-order valence-electron chi connectivity index (χ3n) is 5.77. The molecule has 5 nitrogen and oxygen atoms in total. The molecule has 0 atom stereocenters. The first-order chi connectivity index (χ1) is 14.3. The minimum atomic E-state index is -0.174. The molecule has 0 unspecified atom stereocenters. The normalized spacial score (nSPS) is 16.6. The number of methoxy groups -OCH3 is 1. The highest BCUT2D eigenvalue weighted by molar-refractivity contribution is 5.79. The molecule has 0 aliphatic carbocycles. The molecule has 1 aliphatic rings.